The predicted octanol–water partition coefficient (Wildman–Crippen LogP) is 2.79. The van der Waals surface area contributed by atoms with Crippen LogP contribution >= 0.6 is 0 Å². The van der Waals surface area contributed by atoms with Crippen LogP contribution in [0.4, 0.5) is 11.4 Å². The summed E-state index contributed by atoms with van der Waals surface area (Å²) in [4.78, 5) is 12.1. The van der Waals surface area contributed by atoms with Gasteiger partial charge in [0.15, 0.2) is 0 Å². The highest BCUT2D eigenvalue weighted by atomic mass is 16.5. The van der Waals surface area contributed by atoms with Crippen LogP contribution in [0.1, 0.15) is 0 Å². The van der Waals surface area contributed by atoms with Gasteiger partial charge in [-0.2, -0.15) is 0 Å². The Labute approximate surface area is 159 Å². The Hall–Kier alpha value is -2.77. The number of nitrogens with one attached hydrogen (secondary N) is 2. The predicted molar refractivity (Wildman–Crippen MR) is 105 cm³/mol. The molecule has 7 heteroatoms. The van der Waals surface area contributed by atoms with Crippen LogP contribution in [0.5, 0.6) is 11.5 Å². The molecule has 2 rings (SSSR count). The van der Waals surface area contributed by atoms with Crippen LogP contribution in [0, 0.1) is 0 Å². The molecule has 0 aromatic heterocycles. The first-order valence-electron chi connectivity index (χ1n) is 8.68. The molecule has 1 amide bonds. The summed E-state index contributed by atoms with van der Waals surface area (Å²) in [6, 6.07) is 14.6. The van der Waals surface area contributed by atoms with Crippen molar-refractivity contribution in [1.29, 1.82) is 0 Å². The van der Waals surface area contributed by atoms with E-state index >= 15 is 0 Å². The molecule has 0 spiro atoms. The Morgan fingerprint density at radius 1 is 0.815 bits per heavy atom. The lowest BCUT2D eigenvalue weighted by Crippen LogP contribution is -2.21. The fraction of sp³-hybridized carbons (Fsp3) is 0.350. The molecule has 2 N–H and O–H groups in total. The third-order valence-corrected chi connectivity index (χ3v) is 3.54. The summed E-state index contributed by atoms with van der Waals surface area (Å²) >= 11 is 0. The maximum atomic E-state index is 12.1. The minimum atomic E-state index is -0.145. The second-order valence-corrected chi connectivity index (χ2v) is 5.64. The highest BCUT2D eigenvalue weighted by molar-refractivity contribution is 5.93. The number of rotatable bonds is 12. The van der Waals surface area contributed by atoms with Crippen LogP contribution in [-0.2, 0) is 14.3 Å². The fourth-order valence-electron chi connectivity index (χ4n) is 2.20. The SMILES string of the molecule is COCCOc1ccc(NC(=O)CNc2cccc(OCCOC)c2)cc1. The van der Waals surface area contributed by atoms with Gasteiger partial charge in [0.2, 0.25) is 5.91 Å². The largest absolute Gasteiger partial charge is 0.491 e. The van der Waals surface area contributed by atoms with E-state index in [0.29, 0.717) is 32.1 Å². The Kier molecular flexibility index (Phi) is 8.95. The van der Waals surface area contributed by atoms with Gasteiger partial charge in [-0.3, -0.25) is 4.79 Å². The first-order chi connectivity index (χ1) is 13.2. The standard InChI is InChI=1S/C20H26N2O5/c1-24-10-12-26-18-8-6-16(7-9-18)22-20(23)15-21-17-4-3-5-19(14-17)27-13-11-25-2/h3-9,14,21H,10-13,15H2,1-2H3,(H,22,23). The van der Waals surface area contributed by atoms with Crippen LogP contribution in [-0.4, -0.2) is 53.1 Å². The molecule has 0 aliphatic heterocycles. The lowest BCUT2D eigenvalue weighted by Gasteiger charge is -2.11. The Morgan fingerprint density at radius 3 is 2.15 bits per heavy atom. The van der Waals surface area contributed by atoms with Crippen molar-refractivity contribution in [3.63, 3.8) is 0 Å². The lowest BCUT2D eigenvalue weighted by molar-refractivity contribution is -0.114. The van der Waals surface area contributed by atoms with E-state index in [0.717, 1.165) is 17.2 Å². The molecule has 146 valence electrons. The molecule has 0 radical (unpaired) electrons. The summed E-state index contributed by atoms with van der Waals surface area (Å²) in [6.07, 6.45) is 0. The fourth-order valence-corrected chi connectivity index (χ4v) is 2.20. The highest BCUT2D eigenvalue weighted by Crippen LogP contribution is 2.18. The Morgan fingerprint density at radius 2 is 1.48 bits per heavy atom. The third kappa shape index (κ3) is 7.98. The summed E-state index contributed by atoms with van der Waals surface area (Å²) in [5.74, 6) is 1.31. The summed E-state index contributed by atoms with van der Waals surface area (Å²) in [5, 5.41) is 5.91. The van der Waals surface area contributed by atoms with E-state index in [1.165, 1.54) is 0 Å². The van der Waals surface area contributed by atoms with E-state index in [2.05, 4.69) is 10.6 Å². The Balaban J connectivity index is 1.76. The number of ether oxygens (including phenoxy) is 4. The average molecular weight is 374 g/mol. The summed E-state index contributed by atoms with van der Waals surface area (Å²) in [6.45, 7) is 2.17. The maximum absolute atomic E-state index is 12.1. The first-order valence-corrected chi connectivity index (χ1v) is 8.68. The van der Waals surface area contributed by atoms with Gasteiger partial charge in [-0.25, -0.2) is 0 Å². The second-order valence-electron chi connectivity index (χ2n) is 5.64. The Bertz CT molecular complexity index is 691. The van der Waals surface area contributed by atoms with E-state index in [-0.39, 0.29) is 12.5 Å². The van der Waals surface area contributed by atoms with Crippen molar-refractivity contribution in [1.82, 2.24) is 0 Å². The molecule has 0 unspecified atom stereocenters. The zero-order valence-electron chi connectivity index (χ0n) is 15.7. The van der Waals surface area contributed by atoms with Crippen molar-refractivity contribution in [2.75, 3.05) is 57.8 Å². The quantitative estimate of drug-likeness (QED) is 0.556. The number of carbonyl (C=O) groups excluding carboxylic acids is 1. The molecule has 0 aliphatic carbocycles. The van der Waals surface area contributed by atoms with E-state index in [9.17, 15) is 4.79 Å². The number of anilines is 2. The molecule has 2 aromatic carbocycles. The number of hydrogen-bond acceptors (Lipinski definition) is 6. The molecular formula is C20H26N2O5. The molecule has 2 aromatic rings. The molecule has 0 heterocycles. The van der Waals surface area contributed by atoms with E-state index in [1.807, 2.05) is 24.3 Å². The van der Waals surface area contributed by atoms with Gasteiger partial charge in [-0.1, -0.05) is 6.07 Å². The first kappa shape index (κ1) is 20.5. The minimum Gasteiger partial charge on any atom is -0.491 e. The van der Waals surface area contributed by atoms with Crippen molar-refractivity contribution in [3.05, 3.63) is 48.5 Å². The van der Waals surface area contributed by atoms with Crippen molar-refractivity contribution in [3.8, 4) is 11.5 Å². The lowest BCUT2D eigenvalue weighted by atomic mass is 10.3. The molecule has 27 heavy (non-hydrogen) atoms. The van der Waals surface area contributed by atoms with Gasteiger partial charge < -0.3 is 29.6 Å². The van der Waals surface area contributed by atoms with Crippen LogP contribution in [0.15, 0.2) is 48.5 Å². The van der Waals surface area contributed by atoms with Crippen molar-refractivity contribution >= 4 is 17.3 Å². The second kappa shape index (κ2) is 11.8. The molecule has 0 bridgehead atoms. The van der Waals surface area contributed by atoms with Crippen LogP contribution < -0.4 is 20.1 Å². The van der Waals surface area contributed by atoms with Gasteiger partial charge >= 0.3 is 0 Å². The van der Waals surface area contributed by atoms with Gasteiger partial charge in [-0.15, -0.1) is 0 Å². The summed E-state index contributed by atoms with van der Waals surface area (Å²) < 4.78 is 20.9. The van der Waals surface area contributed by atoms with E-state index in [1.54, 1.807) is 38.5 Å². The zero-order valence-corrected chi connectivity index (χ0v) is 15.7. The molecule has 0 saturated carbocycles. The monoisotopic (exact) mass is 374 g/mol. The average Bonchev–Trinajstić information content (AvgIpc) is 2.69. The third-order valence-electron chi connectivity index (χ3n) is 3.54. The zero-order chi connectivity index (χ0) is 19.3. The number of carbonyl (C=O) groups is 1. The van der Waals surface area contributed by atoms with Crippen LogP contribution in [0.25, 0.3) is 0 Å². The van der Waals surface area contributed by atoms with Crippen LogP contribution in [0.2, 0.25) is 0 Å². The van der Waals surface area contributed by atoms with E-state index < -0.39 is 0 Å². The molecule has 0 saturated heterocycles. The van der Waals surface area contributed by atoms with Gasteiger partial charge in [-0.05, 0) is 36.4 Å². The normalized spacial score (nSPS) is 10.3. The number of amides is 1. The van der Waals surface area contributed by atoms with Crippen molar-refractivity contribution in [2.24, 2.45) is 0 Å². The molecule has 0 atom stereocenters. The van der Waals surface area contributed by atoms with E-state index in [4.69, 9.17) is 18.9 Å². The smallest absolute Gasteiger partial charge is 0.243 e. The van der Waals surface area contributed by atoms with Crippen molar-refractivity contribution in [2.45, 2.75) is 0 Å². The molecule has 0 aliphatic rings. The topological polar surface area (TPSA) is 78.1 Å². The van der Waals surface area contributed by atoms with Gasteiger partial charge in [0.1, 0.15) is 24.7 Å². The number of hydrogen-bond donors (Lipinski definition) is 2. The molecular weight excluding hydrogens is 348 g/mol. The summed E-state index contributed by atoms with van der Waals surface area (Å²) in [7, 11) is 3.25. The van der Waals surface area contributed by atoms with Gasteiger partial charge in [0, 0.05) is 31.7 Å². The van der Waals surface area contributed by atoms with Crippen molar-refractivity contribution < 1.29 is 23.7 Å². The van der Waals surface area contributed by atoms with Gasteiger partial charge in [0.25, 0.3) is 0 Å². The maximum Gasteiger partial charge on any atom is 0.243 e. The summed E-state index contributed by atoms with van der Waals surface area (Å²) in [5.41, 5.74) is 1.51. The van der Waals surface area contributed by atoms with Gasteiger partial charge in [0.05, 0.1) is 19.8 Å². The molecule has 7 nitrogen and oxygen atoms in total. The number of methoxy groups -OCH3 is 2. The highest BCUT2D eigenvalue weighted by Gasteiger charge is 2.04. The minimum absolute atomic E-state index is 0.145. The number of benzene rings is 2. The van der Waals surface area contributed by atoms with Crippen LogP contribution in [0.3, 0.4) is 0 Å². The molecule has 0 fully saturated rings.